The number of Topliss-reactive ketones (excluding diaryl/α,β-unsaturated/α-hetero) is 1. The van der Waals surface area contributed by atoms with Gasteiger partial charge in [-0.15, -0.1) is 11.3 Å². The van der Waals surface area contributed by atoms with Gasteiger partial charge in [-0.2, -0.15) is 5.10 Å². The molecule has 144 valence electrons. The van der Waals surface area contributed by atoms with Crippen molar-refractivity contribution in [2.75, 3.05) is 0 Å². The Hall–Kier alpha value is -2.79. The monoisotopic (exact) mass is 392 g/mol. The minimum atomic E-state index is -0.255. The average molecular weight is 393 g/mol. The lowest BCUT2D eigenvalue weighted by Crippen LogP contribution is -2.20. The van der Waals surface area contributed by atoms with Crippen LogP contribution in [0.25, 0.3) is 10.1 Å². The number of carbonyl (C=O) groups is 2. The smallest absolute Gasteiger partial charge is 0.240 e. The van der Waals surface area contributed by atoms with E-state index in [1.807, 2.05) is 54.8 Å². The van der Waals surface area contributed by atoms with Crippen molar-refractivity contribution in [3.63, 3.8) is 0 Å². The van der Waals surface area contributed by atoms with Gasteiger partial charge < -0.3 is 0 Å². The van der Waals surface area contributed by atoms with E-state index in [1.165, 1.54) is 10.3 Å². The van der Waals surface area contributed by atoms with Crippen molar-refractivity contribution in [1.29, 1.82) is 0 Å². The normalized spacial score (nSPS) is 11.6. The van der Waals surface area contributed by atoms with Crippen molar-refractivity contribution >= 4 is 38.8 Å². The maximum atomic E-state index is 12.3. The summed E-state index contributed by atoms with van der Waals surface area (Å²) in [6.07, 6.45) is 2.38. The molecule has 0 bridgehead atoms. The summed E-state index contributed by atoms with van der Waals surface area (Å²) in [5, 5.41) is 7.38. The average Bonchev–Trinajstić information content (AvgIpc) is 3.15. The molecule has 1 heterocycles. The first-order chi connectivity index (χ1) is 13.6. The number of hydrogen-bond acceptors (Lipinski definition) is 4. The summed E-state index contributed by atoms with van der Waals surface area (Å²) in [5.74, 6) is -0.280. The number of fused-ring (bicyclic) bond motifs is 1. The van der Waals surface area contributed by atoms with Crippen molar-refractivity contribution in [3.05, 3.63) is 70.6 Å². The zero-order valence-electron chi connectivity index (χ0n) is 16.2. The maximum absolute atomic E-state index is 12.3. The quantitative estimate of drug-likeness (QED) is 0.319. The van der Waals surface area contributed by atoms with Gasteiger partial charge in [0.25, 0.3) is 0 Å². The minimum Gasteiger partial charge on any atom is -0.294 e. The van der Waals surface area contributed by atoms with Crippen LogP contribution in [0.5, 0.6) is 0 Å². The number of aryl methyl sites for hydroxylation is 1. The predicted octanol–water partition coefficient (Wildman–Crippen LogP) is 5.36. The van der Waals surface area contributed by atoms with Crippen LogP contribution in [0.15, 0.2) is 59.0 Å². The summed E-state index contributed by atoms with van der Waals surface area (Å²) in [6.45, 7) is 4.00. The minimum absolute atomic E-state index is 0.0253. The van der Waals surface area contributed by atoms with Crippen LogP contribution in [0.4, 0.5) is 0 Å². The van der Waals surface area contributed by atoms with Crippen LogP contribution in [0.2, 0.25) is 0 Å². The van der Waals surface area contributed by atoms with Crippen molar-refractivity contribution in [2.45, 2.75) is 39.5 Å². The molecular formula is C23H24N2O2S. The molecule has 5 heteroatoms. The first-order valence-electron chi connectivity index (χ1n) is 9.50. The van der Waals surface area contributed by atoms with Crippen LogP contribution in [-0.4, -0.2) is 17.4 Å². The summed E-state index contributed by atoms with van der Waals surface area (Å²) in [5.41, 5.74) is 6.22. The summed E-state index contributed by atoms with van der Waals surface area (Å²) < 4.78 is 1.19. The molecule has 3 aromatic rings. The molecule has 3 rings (SSSR count). The highest BCUT2D eigenvalue weighted by molar-refractivity contribution is 7.17. The highest BCUT2D eigenvalue weighted by Gasteiger charge is 2.10. The first-order valence-corrected chi connectivity index (χ1v) is 10.4. The lowest BCUT2D eigenvalue weighted by Gasteiger charge is -2.04. The molecule has 1 N–H and O–H groups in total. The van der Waals surface area contributed by atoms with Crippen molar-refractivity contribution in [1.82, 2.24) is 5.43 Å². The van der Waals surface area contributed by atoms with Gasteiger partial charge in [-0.25, -0.2) is 5.43 Å². The molecule has 4 nitrogen and oxygen atoms in total. The Morgan fingerprint density at radius 3 is 2.54 bits per heavy atom. The van der Waals surface area contributed by atoms with Gasteiger partial charge in [-0.05, 0) is 25.0 Å². The number of carbonyl (C=O) groups excluding carboxylic acids is 2. The van der Waals surface area contributed by atoms with E-state index in [2.05, 4.69) is 23.5 Å². The number of amides is 1. The number of hydrogen-bond donors (Lipinski definition) is 1. The Morgan fingerprint density at radius 1 is 1.04 bits per heavy atom. The fourth-order valence-corrected chi connectivity index (χ4v) is 4.04. The zero-order valence-corrected chi connectivity index (χ0v) is 17.0. The van der Waals surface area contributed by atoms with Crippen molar-refractivity contribution < 1.29 is 9.59 Å². The Labute approximate surface area is 169 Å². The molecule has 0 saturated heterocycles. The van der Waals surface area contributed by atoms with Gasteiger partial charge in [-0.1, -0.05) is 55.8 Å². The summed E-state index contributed by atoms with van der Waals surface area (Å²) >= 11 is 1.65. The second-order valence-corrected chi connectivity index (χ2v) is 7.66. The SMILES string of the molecule is CCCc1ccc(C(=O)CCC(=O)N/N=C(\C)c2csc3ccccc23)cc1. The molecule has 1 amide bonds. The van der Waals surface area contributed by atoms with Crippen LogP contribution in [0.3, 0.4) is 0 Å². The van der Waals surface area contributed by atoms with Crippen molar-refractivity contribution in [2.24, 2.45) is 5.10 Å². The van der Waals surface area contributed by atoms with Gasteiger partial charge in [0.1, 0.15) is 0 Å². The van der Waals surface area contributed by atoms with Gasteiger partial charge in [0.05, 0.1) is 5.71 Å². The Balaban J connectivity index is 1.53. The van der Waals surface area contributed by atoms with Crippen LogP contribution in [0.1, 0.15) is 54.6 Å². The number of nitrogens with zero attached hydrogens (tertiary/aromatic N) is 1. The Morgan fingerprint density at radius 2 is 1.79 bits per heavy atom. The molecule has 0 saturated carbocycles. The van der Waals surface area contributed by atoms with Gasteiger partial charge in [-0.3, -0.25) is 9.59 Å². The molecule has 0 atom stereocenters. The third kappa shape index (κ3) is 4.93. The lowest BCUT2D eigenvalue weighted by molar-refractivity contribution is -0.121. The van der Waals surface area contributed by atoms with Crippen LogP contribution < -0.4 is 5.43 Å². The standard InChI is InChI=1S/C23H24N2O2S/c1-3-6-17-9-11-18(12-10-17)21(26)13-14-23(27)25-24-16(2)20-15-28-22-8-5-4-7-19(20)22/h4-5,7-12,15H,3,6,13-14H2,1-2H3,(H,25,27)/b24-16+. The highest BCUT2D eigenvalue weighted by Crippen LogP contribution is 2.26. The lowest BCUT2D eigenvalue weighted by atomic mass is 10.0. The molecule has 0 fully saturated rings. The molecule has 2 aromatic carbocycles. The van der Waals surface area contributed by atoms with E-state index in [4.69, 9.17) is 0 Å². The number of nitrogens with one attached hydrogen (secondary N) is 1. The van der Waals surface area contributed by atoms with E-state index in [-0.39, 0.29) is 24.5 Å². The van der Waals surface area contributed by atoms with Crippen LogP contribution in [0, 0.1) is 0 Å². The van der Waals surface area contributed by atoms with Gasteiger partial charge in [0.15, 0.2) is 5.78 Å². The molecular weight excluding hydrogens is 368 g/mol. The van der Waals surface area contributed by atoms with E-state index in [1.54, 1.807) is 11.3 Å². The first kappa shape index (κ1) is 20.0. The van der Waals surface area contributed by atoms with Gasteiger partial charge in [0, 0.05) is 39.4 Å². The second kappa shape index (κ2) is 9.42. The number of rotatable bonds is 8. The molecule has 1 aromatic heterocycles. The second-order valence-electron chi connectivity index (χ2n) is 6.75. The molecule has 0 unspecified atom stereocenters. The largest absolute Gasteiger partial charge is 0.294 e. The van der Waals surface area contributed by atoms with Crippen LogP contribution >= 0.6 is 11.3 Å². The van der Waals surface area contributed by atoms with Crippen LogP contribution in [-0.2, 0) is 11.2 Å². The van der Waals surface area contributed by atoms with Gasteiger partial charge in [0.2, 0.25) is 5.91 Å². The van der Waals surface area contributed by atoms with Gasteiger partial charge >= 0.3 is 0 Å². The number of hydrazone groups is 1. The summed E-state index contributed by atoms with van der Waals surface area (Å²) in [7, 11) is 0. The molecule has 0 aliphatic carbocycles. The van der Waals surface area contributed by atoms with E-state index in [0.29, 0.717) is 5.56 Å². The van der Waals surface area contributed by atoms with Crippen molar-refractivity contribution in [3.8, 4) is 0 Å². The molecule has 28 heavy (non-hydrogen) atoms. The number of thiophene rings is 1. The van der Waals surface area contributed by atoms with E-state index >= 15 is 0 Å². The van der Waals surface area contributed by atoms with E-state index in [0.717, 1.165) is 29.5 Å². The number of ketones is 1. The fraction of sp³-hybridized carbons (Fsp3) is 0.261. The third-order valence-electron chi connectivity index (χ3n) is 4.61. The summed E-state index contributed by atoms with van der Waals surface area (Å²) in [4.78, 5) is 24.4. The fourth-order valence-electron chi connectivity index (χ4n) is 3.04. The number of benzene rings is 2. The highest BCUT2D eigenvalue weighted by atomic mass is 32.1. The molecule has 0 aliphatic heterocycles. The topological polar surface area (TPSA) is 58.5 Å². The Kier molecular flexibility index (Phi) is 6.71. The summed E-state index contributed by atoms with van der Waals surface area (Å²) in [6, 6.07) is 15.8. The maximum Gasteiger partial charge on any atom is 0.240 e. The zero-order chi connectivity index (χ0) is 19.9. The predicted molar refractivity (Wildman–Crippen MR) is 116 cm³/mol. The molecule has 0 spiro atoms. The molecule has 0 aliphatic rings. The molecule has 0 radical (unpaired) electrons. The Bertz CT molecular complexity index is 1000. The third-order valence-corrected chi connectivity index (χ3v) is 5.58. The van der Waals surface area contributed by atoms with E-state index < -0.39 is 0 Å². The van der Waals surface area contributed by atoms with E-state index in [9.17, 15) is 9.59 Å².